The quantitative estimate of drug-likeness (QED) is 0.276. The number of carbonyl (C=O) groups is 1. The van der Waals surface area contributed by atoms with Crippen LogP contribution in [0.4, 0.5) is 5.82 Å². The highest BCUT2D eigenvalue weighted by molar-refractivity contribution is 14.1. The minimum atomic E-state index is -1.12. The van der Waals surface area contributed by atoms with Crippen LogP contribution in [0.5, 0.6) is 0 Å². The number of nitrogens with one attached hydrogen (secondary N) is 2. The highest BCUT2D eigenvalue weighted by Gasteiger charge is 2.75. The van der Waals surface area contributed by atoms with Gasteiger partial charge in [-0.2, -0.15) is 0 Å². The number of fused-ring (bicyclic) bond motifs is 2. The van der Waals surface area contributed by atoms with E-state index in [1.807, 2.05) is 18.2 Å². The average Bonchev–Trinajstić information content (AvgIpc) is 3.31. The molecule has 0 spiro atoms. The van der Waals surface area contributed by atoms with Gasteiger partial charge >= 0.3 is 0 Å². The lowest BCUT2D eigenvalue weighted by atomic mass is 9.98. The van der Waals surface area contributed by atoms with Crippen LogP contribution in [-0.2, 0) is 11.2 Å². The number of carbonyl (C=O) groups excluding carboxylic acids is 1. The first-order valence-corrected chi connectivity index (χ1v) is 11.3. The standard InChI is InChI=1S/C21H23IN6O3/c1-23-19(31)21-9-12(21)14(15(29)16(21)30)28-10-25-13-17(26-20(22)27-18(13)28)24-8-7-11-5-3-2-4-6-11/h2-6,10,12,14-16,29-30H,7-9H2,1H3,(H,23,31)(H,24,26,27)/t12?,14-,15?,16+,21-/m1/s1. The molecule has 2 heterocycles. The maximum Gasteiger partial charge on any atom is 0.229 e. The minimum absolute atomic E-state index is 0.169. The highest BCUT2D eigenvalue weighted by atomic mass is 127. The molecule has 162 valence electrons. The Labute approximate surface area is 192 Å². The van der Waals surface area contributed by atoms with Gasteiger partial charge in [0.1, 0.15) is 6.10 Å². The number of anilines is 1. The van der Waals surface area contributed by atoms with Crippen LogP contribution >= 0.6 is 22.6 Å². The molecule has 31 heavy (non-hydrogen) atoms. The molecule has 2 aliphatic rings. The second kappa shape index (κ2) is 7.68. The summed E-state index contributed by atoms with van der Waals surface area (Å²) in [5, 5.41) is 27.4. The van der Waals surface area contributed by atoms with E-state index < -0.39 is 23.7 Å². The van der Waals surface area contributed by atoms with Gasteiger partial charge in [-0.05, 0) is 18.4 Å². The Morgan fingerprint density at radius 3 is 2.81 bits per heavy atom. The first-order valence-electron chi connectivity index (χ1n) is 10.2. The van der Waals surface area contributed by atoms with Gasteiger partial charge in [0.05, 0.1) is 23.9 Å². The molecule has 1 aromatic carbocycles. The summed E-state index contributed by atoms with van der Waals surface area (Å²) in [7, 11) is 1.55. The van der Waals surface area contributed by atoms with Crippen molar-refractivity contribution in [1.29, 1.82) is 0 Å². The van der Waals surface area contributed by atoms with Crippen LogP contribution in [0.1, 0.15) is 18.0 Å². The Morgan fingerprint density at radius 2 is 2.06 bits per heavy atom. The number of hydrogen-bond donors (Lipinski definition) is 4. The van der Waals surface area contributed by atoms with E-state index in [9.17, 15) is 15.0 Å². The second-order valence-electron chi connectivity index (χ2n) is 8.18. The largest absolute Gasteiger partial charge is 0.389 e. The van der Waals surface area contributed by atoms with Crippen LogP contribution in [-0.4, -0.2) is 61.4 Å². The van der Waals surface area contributed by atoms with Crippen molar-refractivity contribution >= 4 is 45.5 Å². The van der Waals surface area contributed by atoms with Crippen LogP contribution in [0.2, 0.25) is 0 Å². The van der Waals surface area contributed by atoms with Crippen LogP contribution in [0.15, 0.2) is 36.7 Å². The van der Waals surface area contributed by atoms with E-state index in [1.54, 1.807) is 17.9 Å². The Hall–Kier alpha value is -2.31. The van der Waals surface area contributed by atoms with Crippen LogP contribution in [0.3, 0.4) is 0 Å². The molecule has 4 N–H and O–H groups in total. The third-order valence-electron chi connectivity index (χ3n) is 6.59. The molecule has 9 nitrogen and oxygen atoms in total. The van der Waals surface area contributed by atoms with Gasteiger partial charge in [0.25, 0.3) is 0 Å². The zero-order valence-electron chi connectivity index (χ0n) is 16.9. The van der Waals surface area contributed by atoms with Crippen molar-refractivity contribution in [1.82, 2.24) is 24.8 Å². The predicted molar refractivity (Wildman–Crippen MR) is 122 cm³/mol. The van der Waals surface area contributed by atoms with Crippen molar-refractivity contribution in [3.05, 3.63) is 46.1 Å². The maximum atomic E-state index is 12.4. The smallest absolute Gasteiger partial charge is 0.229 e. The van der Waals surface area contributed by atoms with Gasteiger partial charge in [-0.25, -0.2) is 15.0 Å². The summed E-state index contributed by atoms with van der Waals surface area (Å²) < 4.78 is 2.34. The molecule has 0 bridgehead atoms. The Balaban J connectivity index is 1.43. The van der Waals surface area contributed by atoms with Gasteiger partial charge in [-0.3, -0.25) is 4.79 Å². The highest BCUT2D eigenvalue weighted by Crippen LogP contribution is 2.67. The molecular weight excluding hydrogens is 511 g/mol. The summed E-state index contributed by atoms with van der Waals surface area (Å²) in [5.74, 6) is 0.228. The summed E-state index contributed by atoms with van der Waals surface area (Å²) in [5.41, 5.74) is 1.47. The van der Waals surface area contributed by atoms with Gasteiger partial charge in [-0.1, -0.05) is 30.3 Å². The molecule has 3 aromatic rings. The van der Waals surface area contributed by atoms with E-state index in [1.165, 1.54) is 5.56 Å². The first-order chi connectivity index (χ1) is 15.0. The second-order valence-corrected chi connectivity index (χ2v) is 9.15. The number of amides is 1. The number of hydrogen-bond acceptors (Lipinski definition) is 7. The molecule has 5 atom stereocenters. The van der Waals surface area contributed by atoms with Gasteiger partial charge in [0.15, 0.2) is 20.8 Å². The zero-order chi connectivity index (χ0) is 21.8. The number of aliphatic hydroxyl groups excluding tert-OH is 2. The Bertz CT molecular complexity index is 1140. The van der Waals surface area contributed by atoms with Gasteiger partial charge in [-0.15, -0.1) is 0 Å². The number of imidazole rings is 1. The zero-order valence-corrected chi connectivity index (χ0v) is 19.0. The van der Waals surface area contributed by atoms with Crippen molar-refractivity contribution in [3.8, 4) is 0 Å². The summed E-state index contributed by atoms with van der Waals surface area (Å²) >= 11 is 2.06. The Kier molecular flexibility index (Phi) is 5.10. The number of aromatic nitrogens is 4. The van der Waals surface area contributed by atoms with Crippen molar-refractivity contribution in [2.75, 3.05) is 18.9 Å². The number of rotatable bonds is 6. The van der Waals surface area contributed by atoms with Gasteiger partial charge in [0.2, 0.25) is 5.91 Å². The normalized spacial score (nSPS) is 29.0. The lowest BCUT2D eigenvalue weighted by Crippen LogP contribution is -2.41. The minimum Gasteiger partial charge on any atom is -0.389 e. The number of nitrogens with zero attached hydrogens (tertiary/aromatic N) is 4. The first kappa shape index (κ1) is 20.6. The number of aliphatic hydroxyl groups is 2. The fourth-order valence-corrected chi connectivity index (χ4v) is 5.46. The summed E-state index contributed by atoms with van der Waals surface area (Å²) in [6, 6.07) is 9.71. The van der Waals surface area contributed by atoms with E-state index in [-0.39, 0.29) is 11.8 Å². The topological polar surface area (TPSA) is 125 Å². The molecule has 2 fully saturated rings. The molecule has 10 heteroatoms. The van der Waals surface area contributed by atoms with Crippen molar-refractivity contribution in [2.24, 2.45) is 11.3 Å². The molecule has 2 aliphatic carbocycles. The lowest BCUT2D eigenvalue weighted by Gasteiger charge is -2.23. The molecule has 2 saturated carbocycles. The Morgan fingerprint density at radius 1 is 1.29 bits per heavy atom. The molecule has 0 aliphatic heterocycles. The van der Waals surface area contributed by atoms with Crippen LogP contribution < -0.4 is 10.6 Å². The van der Waals surface area contributed by atoms with Crippen LogP contribution in [0, 0.1) is 15.2 Å². The average molecular weight is 534 g/mol. The molecule has 5 rings (SSSR count). The SMILES string of the molecule is CNC(=O)[C@]12CC1[C@@H](n1cnc3c(NCCc4ccccc4)nc(I)nc31)C(O)[C@@H]2O. The van der Waals surface area contributed by atoms with Gasteiger partial charge < -0.3 is 25.4 Å². The van der Waals surface area contributed by atoms with Gasteiger partial charge in [0, 0.05) is 42.1 Å². The fraction of sp³-hybridized carbons (Fsp3) is 0.429. The molecule has 1 amide bonds. The molecule has 0 saturated heterocycles. The maximum absolute atomic E-state index is 12.4. The predicted octanol–water partition coefficient (Wildman–Crippen LogP) is 1.11. The molecule has 0 radical (unpaired) electrons. The summed E-state index contributed by atoms with van der Waals surface area (Å²) in [6.45, 7) is 0.687. The van der Waals surface area contributed by atoms with E-state index in [2.05, 4.69) is 60.3 Å². The van der Waals surface area contributed by atoms with Crippen molar-refractivity contribution in [2.45, 2.75) is 31.1 Å². The monoisotopic (exact) mass is 534 g/mol. The van der Waals surface area contributed by atoms with E-state index in [0.717, 1.165) is 6.42 Å². The molecule has 2 aromatic heterocycles. The summed E-state index contributed by atoms with van der Waals surface area (Å²) in [6.07, 6.45) is 0.796. The van der Waals surface area contributed by atoms with E-state index in [4.69, 9.17) is 0 Å². The van der Waals surface area contributed by atoms with Crippen molar-refractivity contribution in [3.63, 3.8) is 0 Å². The lowest BCUT2D eigenvalue weighted by molar-refractivity contribution is -0.132. The van der Waals surface area contributed by atoms with E-state index >= 15 is 0 Å². The molecule has 2 unspecified atom stereocenters. The van der Waals surface area contributed by atoms with Crippen molar-refractivity contribution < 1.29 is 15.0 Å². The molecular formula is C21H23IN6O3. The third kappa shape index (κ3) is 3.19. The van der Waals surface area contributed by atoms with E-state index in [0.29, 0.717) is 33.8 Å². The summed E-state index contributed by atoms with van der Waals surface area (Å²) in [4.78, 5) is 26.0. The van der Waals surface area contributed by atoms with Crippen LogP contribution in [0.25, 0.3) is 11.2 Å². The fourth-order valence-electron chi connectivity index (χ4n) is 4.99. The third-order valence-corrected chi connectivity index (χ3v) is 7.07. The number of halogens is 1. The number of benzene rings is 1.